The van der Waals surface area contributed by atoms with E-state index in [-0.39, 0.29) is 36.8 Å². The molecule has 0 spiro atoms. The highest BCUT2D eigenvalue weighted by Gasteiger charge is 2.24. The first-order chi connectivity index (χ1) is 10.8. The molecule has 0 aromatic carbocycles. The maximum Gasteiger partial charge on any atom is 0.250 e. The number of nitrogens with one attached hydrogen (secondary N) is 2. The first-order valence-corrected chi connectivity index (χ1v) is 9.04. The second-order valence-corrected chi connectivity index (χ2v) is 7.14. The zero-order valence-corrected chi connectivity index (χ0v) is 16.2. The zero-order chi connectivity index (χ0) is 15.2. The van der Waals surface area contributed by atoms with Crippen molar-refractivity contribution in [2.24, 2.45) is 5.92 Å². The summed E-state index contributed by atoms with van der Waals surface area (Å²) in [7, 11) is 0. The summed E-state index contributed by atoms with van der Waals surface area (Å²) in [5.74, 6) is 0.633. The van der Waals surface area contributed by atoms with Crippen molar-refractivity contribution in [1.29, 1.82) is 0 Å². The van der Waals surface area contributed by atoms with Crippen LogP contribution in [0.1, 0.15) is 17.7 Å². The third kappa shape index (κ3) is 6.50. The molecule has 0 saturated carbocycles. The Morgan fingerprint density at radius 1 is 1.38 bits per heavy atom. The largest absolute Gasteiger partial charge is 0.366 e. The highest BCUT2D eigenvalue weighted by Crippen LogP contribution is 2.20. The van der Waals surface area contributed by atoms with Crippen LogP contribution in [0.15, 0.2) is 17.5 Å². The Balaban J connectivity index is 0.00000144. The summed E-state index contributed by atoms with van der Waals surface area (Å²) < 4.78 is 5.47. The molecule has 1 unspecified atom stereocenters. The molecular formula is C16H27Cl2N3O2S. The fourth-order valence-electron chi connectivity index (χ4n) is 3.06. The van der Waals surface area contributed by atoms with Crippen LogP contribution in [0.3, 0.4) is 0 Å². The molecule has 0 bridgehead atoms. The lowest BCUT2D eigenvalue weighted by Gasteiger charge is -2.32. The van der Waals surface area contributed by atoms with Crippen molar-refractivity contribution in [3.8, 4) is 0 Å². The van der Waals surface area contributed by atoms with Gasteiger partial charge in [-0.3, -0.25) is 9.69 Å². The number of halogens is 2. The molecular weight excluding hydrogens is 369 g/mol. The van der Waals surface area contributed by atoms with E-state index >= 15 is 0 Å². The molecule has 0 aliphatic carbocycles. The molecule has 1 amide bonds. The van der Waals surface area contributed by atoms with E-state index < -0.39 is 0 Å². The first kappa shape index (κ1) is 21.7. The van der Waals surface area contributed by atoms with E-state index in [1.807, 2.05) is 11.3 Å². The summed E-state index contributed by atoms with van der Waals surface area (Å²) in [4.78, 5) is 16.0. The van der Waals surface area contributed by atoms with Gasteiger partial charge in [-0.05, 0) is 43.3 Å². The Labute approximate surface area is 160 Å². The molecule has 1 atom stereocenters. The average Bonchev–Trinajstić information content (AvgIpc) is 3.08. The molecule has 5 nitrogen and oxygen atoms in total. The maximum absolute atomic E-state index is 12.0. The summed E-state index contributed by atoms with van der Waals surface area (Å²) in [5, 5.41) is 8.39. The minimum atomic E-state index is -0.312. The number of nitrogens with zero attached hydrogens (tertiary/aromatic N) is 1. The quantitative estimate of drug-likeness (QED) is 0.799. The van der Waals surface area contributed by atoms with Gasteiger partial charge in [-0.25, -0.2) is 0 Å². The molecule has 2 fully saturated rings. The Morgan fingerprint density at radius 2 is 2.17 bits per heavy atom. The van der Waals surface area contributed by atoms with Crippen LogP contribution < -0.4 is 10.6 Å². The van der Waals surface area contributed by atoms with E-state index in [4.69, 9.17) is 4.74 Å². The molecule has 24 heavy (non-hydrogen) atoms. The van der Waals surface area contributed by atoms with E-state index in [2.05, 4.69) is 33.0 Å². The van der Waals surface area contributed by atoms with Gasteiger partial charge in [-0.15, -0.1) is 36.2 Å². The van der Waals surface area contributed by atoms with Gasteiger partial charge in [0.05, 0.1) is 6.61 Å². The predicted octanol–water partition coefficient (Wildman–Crippen LogP) is 1.91. The summed E-state index contributed by atoms with van der Waals surface area (Å²) in [6.07, 6.45) is 2.01. The van der Waals surface area contributed by atoms with Crippen molar-refractivity contribution >= 4 is 42.1 Å². The van der Waals surface area contributed by atoms with Gasteiger partial charge in [0.15, 0.2) is 0 Å². The number of hydrogen-bond donors (Lipinski definition) is 2. The van der Waals surface area contributed by atoms with Crippen LogP contribution in [-0.4, -0.2) is 56.2 Å². The van der Waals surface area contributed by atoms with Crippen molar-refractivity contribution < 1.29 is 9.53 Å². The molecule has 2 aliphatic heterocycles. The fraction of sp³-hybridized carbons (Fsp3) is 0.688. The van der Waals surface area contributed by atoms with Crippen LogP contribution in [0.5, 0.6) is 0 Å². The van der Waals surface area contributed by atoms with E-state index in [0.29, 0.717) is 19.1 Å². The Hall–Kier alpha value is -0.370. The summed E-state index contributed by atoms with van der Waals surface area (Å²) >= 11 is 1.83. The number of carbonyl (C=O) groups is 1. The normalized spacial score (nSPS) is 22.2. The third-order valence-electron chi connectivity index (χ3n) is 4.45. The van der Waals surface area contributed by atoms with Gasteiger partial charge in [0.1, 0.15) is 6.10 Å². The Bertz CT molecular complexity index is 462. The topological polar surface area (TPSA) is 53.6 Å². The highest BCUT2D eigenvalue weighted by molar-refractivity contribution is 7.09. The molecule has 3 rings (SSSR count). The van der Waals surface area contributed by atoms with E-state index in [1.54, 1.807) is 0 Å². The predicted molar refractivity (Wildman–Crippen MR) is 102 cm³/mol. The SMILES string of the molecule is Cl.Cl.O=C(NCC1CCN(Cc2cccs2)CC1)C1CNCCO1. The molecule has 1 aromatic heterocycles. The second kappa shape index (κ2) is 11.3. The van der Waals surface area contributed by atoms with Crippen molar-refractivity contribution in [2.75, 3.05) is 39.3 Å². The summed E-state index contributed by atoms with van der Waals surface area (Å²) in [5.41, 5.74) is 0. The number of likely N-dealkylation sites (tertiary alicyclic amines) is 1. The highest BCUT2D eigenvalue weighted by atomic mass is 35.5. The lowest BCUT2D eigenvalue weighted by molar-refractivity contribution is -0.134. The summed E-state index contributed by atoms with van der Waals surface area (Å²) in [6, 6.07) is 4.32. The van der Waals surface area contributed by atoms with Crippen molar-refractivity contribution in [1.82, 2.24) is 15.5 Å². The van der Waals surface area contributed by atoms with E-state index in [9.17, 15) is 4.79 Å². The van der Waals surface area contributed by atoms with E-state index in [0.717, 1.165) is 45.6 Å². The van der Waals surface area contributed by atoms with Crippen LogP contribution in [0.4, 0.5) is 0 Å². The molecule has 3 heterocycles. The molecule has 2 saturated heterocycles. The lowest BCUT2D eigenvalue weighted by Crippen LogP contribution is -2.49. The number of ether oxygens (including phenoxy) is 1. The molecule has 8 heteroatoms. The number of morpholine rings is 1. The van der Waals surface area contributed by atoms with Gasteiger partial charge in [-0.2, -0.15) is 0 Å². The molecule has 0 radical (unpaired) electrons. The average molecular weight is 396 g/mol. The minimum Gasteiger partial charge on any atom is -0.366 e. The monoisotopic (exact) mass is 395 g/mol. The van der Waals surface area contributed by atoms with Crippen LogP contribution in [0.2, 0.25) is 0 Å². The van der Waals surface area contributed by atoms with Crippen LogP contribution in [0, 0.1) is 5.92 Å². The standard InChI is InChI=1S/C16H25N3O2S.2ClH/c20-16(15-11-17-5-8-21-15)18-10-13-3-6-19(7-4-13)12-14-2-1-9-22-14;;/h1-2,9,13,15,17H,3-8,10-12H2,(H,18,20);2*1H. The Kier molecular flexibility index (Phi) is 10.2. The molecule has 2 aliphatic rings. The number of thiophene rings is 1. The van der Waals surface area contributed by atoms with Gasteiger partial charge in [0.2, 0.25) is 5.91 Å². The van der Waals surface area contributed by atoms with Gasteiger partial charge in [0, 0.05) is 31.1 Å². The Morgan fingerprint density at radius 3 is 2.79 bits per heavy atom. The number of carbonyl (C=O) groups excluding carboxylic acids is 1. The van der Waals surface area contributed by atoms with Gasteiger partial charge >= 0.3 is 0 Å². The van der Waals surface area contributed by atoms with Crippen LogP contribution >= 0.6 is 36.2 Å². The maximum atomic E-state index is 12.0. The summed E-state index contributed by atoms with van der Waals surface area (Å²) in [6.45, 7) is 6.19. The van der Waals surface area contributed by atoms with Gasteiger partial charge in [-0.1, -0.05) is 6.07 Å². The van der Waals surface area contributed by atoms with Crippen LogP contribution in [0.25, 0.3) is 0 Å². The number of amides is 1. The van der Waals surface area contributed by atoms with E-state index in [1.165, 1.54) is 4.88 Å². The van der Waals surface area contributed by atoms with Crippen LogP contribution in [-0.2, 0) is 16.1 Å². The molecule has 2 N–H and O–H groups in total. The number of hydrogen-bond acceptors (Lipinski definition) is 5. The van der Waals surface area contributed by atoms with Gasteiger partial charge in [0.25, 0.3) is 0 Å². The molecule has 1 aromatic rings. The smallest absolute Gasteiger partial charge is 0.250 e. The first-order valence-electron chi connectivity index (χ1n) is 8.16. The second-order valence-electron chi connectivity index (χ2n) is 6.11. The van der Waals surface area contributed by atoms with Crippen molar-refractivity contribution in [2.45, 2.75) is 25.5 Å². The van der Waals surface area contributed by atoms with Crippen molar-refractivity contribution in [3.05, 3.63) is 22.4 Å². The van der Waals surface area contributed by atoms with Crippen molar-refractivity contribution in [3.63, 3.8) is 0 Å². The zero-order valence-electron chi connectivity index (χ0n) is 13.7. The lowest BCUT2D eigenvalue weighted by atomic mass is 9.96. The number of piperidine rings is 1. The fourth-order valence-corrected chi connectivity index (χ4v) is 3.81. The van der Waals surface area contributed by atoms with Gasteiger partial charge < -0.3 is 15.4 Å². The molecule has 138 valence electrons. The number of rotatable bonds is 5. The minimum absolute atomic E-state index is 0. The third-order valence-corrected chi connectivity index (χ3v) is 5.31.